The number of carbonyl (C=O) groups excluding carboxylic acids is 1. The number of hydrogen-bond donors (Lipinski definition) is 3. The van der Waals surface area contributed by atoms with Gasteiger partial charge in [-0.3, -0.25) is 9.89 Å². The molecule has 3 N–H and O–H groups in total. The molecule has 0 aliphatic heterocycles. The Kier molecular flexibility index (Phi) is 2.86. The van der Waals surface area contributed by atoms with E-state index in [0.29, 0.717) is 5.69 Å². The van der Waals surface area contributed by atoms with E-state index in [-0.39, 0.29) is 5.91 Å². The van der Waals surface area contributed by atoms with Crippen molar-refractivity contribution in [1.29, 1.82) is 0 Å². The molecular formula is C14H12N4O. The summed E-state index contributed by atoms with van der Waals surface area (Å²) < 4.78 is 0. The third-order valence-corrected chi connectivity index (χ3v) is 2.80. The number of hydrogen-bond acceptors (Lipinski definition) is 2. The van der Waals surface area contributed by atoms with E-state index in [1.54, 1.807) is 24.5 Å². The van der Waals surface area contributed by atoms with E-state index < -0.39 is 0 Å². The summed E-state index contributed by atoms with van der Waals surface area (Å²) >= 11 is 0. The topological polar surface area (TPSA) is 73.6 Å². The number of benzene rings is 1. The lowest BCUT2D eigenvalue weighted by atomic mass is 10.1. The first kappa shape index (κ1) is 11.3. The van der Waals surface area contributed by atoms with Crippen molar-refractivity contribution in [1.82, 2.24) is 15.2 Å². The van der Waals surface area contributed by atoms with Crippen LogP contribution in [0.2, 0.25) is 0 Å². The first-order valence-electron chi connectivity index (χ1n) is 5.87. The second-order valence-electron chi connectivity index (χ2n) is 4.09. The molecule has 0 saturated heterocycles. The van der Waals surface area contributed by atoms with Gasteiger partial charge >= 0.3 is 0 Å². The van der Waals surface area contributed by atoms with Crippen LogP contribution in [0.4, 0.5) is 5.69 Å². The van der Waals surface area contributed by atoms with Gasteiger partial charge in [0.2, 0.25) is 0 Å². The zero-order valence-electron chi connectivity index (χ0n) is 10.1. The molecule has 0 unspecified atom stereocenters. The van der Waals surface area contributed by atoms with E-state index in [4.69, 9.17) is 0 Å². The van der Waals surface area contributed by atoms with Gasteiger partial charge in [-0.1, -0.05) is 12.1 Å². The molecule has 1 amide bonds. The summed E-state index contributed by atoms with van der Waals surface area (Å²) in [5.41, 5.74) is 3.26. The number of amides is 1. The highest BCUT2D eigenvalue weighted by molar-refractivity contribution is 6.02. The smallest absolute Gasteiger partial charge is 0.272 e. The Balaban J connectivity index is 1.75. The summed E-state index contributed by atoms with van der Waals surface area (Å²) in [6, 6.07) is 13.0. The monoisotopic (exact) mass is 252 g/mol. The van der Waals surface area contributed by atoms with Crippen LogP contribution in [0.3, 0.4) is 0 Å². The molecule has 3 aromatic rings. The molecular weight excluding hydrogens is 240 g/mol. The average molecular weight is 252 g/mol. The van der Waals surface area contributed by atoms with Gasteiger partial charge in [-0.25, -0.2) is 0 Å². The van der Waals surface area contributed by atoms with Crippen LogP contribution in [-0.2, 0) is 0 Å². The van der Waals surface area contributed by atoms with Gasteiger partial charge in [0, 0.05) is 18.1 Å². The van der Waals surface area contributed by atoms with Crippen LogP contribution >= 0.6 is 0 Å². The van der Waals surface area contributed by atoms with Gasteiger partial charge < -0.3 is 10.3 Å². The van der Waals surface area contributed by atoms with E-state index in [1.165, 1.54) is 0 Å². The SMILES string of the molecule is O=C(Nc1ccc(-c2ccn[nH]2)cc1)c1ccc[nH]1. The van der Waals surface area contributed by atoms with E-state index in [1.807, 2.05) is 30.3 Å². The Labute approximate surface area is 109 Å². The fraction of sp³-hybridized carbons (Fsp3) is 0. The lowest BCUT2D eigenvalue weighted by molar-refractivity contribution is 0.102. The fourth-order valence-electron chi connectivity index (χ4n) is 1.82. The van der Waals surface area contributed by atoms with Crippen molar-refractivity contribution in [3.05, 3.63) is 60.6 Å². The summed E-state index contributed by atoms with van der Waals surface area (Å²) in [5.74, 6) is -0.153. The highest BCUT2D eigenvalue weighted by Crippen LogP contribution is 2.19. The molecule has 0 aliphatic rings. The molecule has 94 valence electrons. The number of carbonyl (C=O) groups is 1. The van der Waals surface area contributed by atoms with E-state index in [0.717, 1.165) is 16.9 Å². The quantitative estimate of drug-likeness (QED) is 0.670. The Bertz CT molecular complexity index is 654. The number of nitrogens with one attached hydrogen (secondary N) is 3. The maximum Gasteiger partial charge on any atom is 0.272 e. The number of H-pyrrole nitrogens is 2. The number of aromatic nitrogens is 3. The summed E-state index contributed by atoms with van der Waals surface area (Å²) in [5, 5.41) is 9.62. The lowest BCUT2D eigenvalue weighted by Crippen LogP contribution is -2.11. The maximum absolute atomic E-state index is 11.8. The largest absolute Gasteiger partial charge is 0.357 e. The van der Waals surface area contributed by atoms with Crippen LogP contribution < -0.4 is 5.32 Å². The van der Waals surface area contributed by atoms with Crippen LogP contribution in [0.1, 0.15) is 10.5 Å². The Morgan fingerprint density at radius 2 is 1.95 bits per heavy atom. The zero-order chi connectivity index (χ0) is 13.1. The average Bonchev–Trinajstić information content (AvgIpc) is 3.13. The lowest BCUT2D eigenvalue weighted by Gasteiger charge is -2.04. The molecule has 0 bridgehead atoms. The Morgan fingerprint density at radius 1 is 1.11 bits per heavy atom. The highest BCUT2D eigenvalue weighted by Gasteiger charge is 2.06. The Morgan fingerprint density at radius 3 is 2.58 bits per heavy atom. The van der Waals surface area contributed by atoms with Gasteiger partial charge in [0.05, 0.1) is 5.69 Å². The minimum absolute atomic E-state index is 0.153. The third kappa shape index (κ3) is 2.40. The fourth-order valence-corrected chi connectivity index (χ4v) is 1.82. The second kappa shape index (κ2) is 4.81. The summed E-state index contributed by atoms with van der Waals surface area (Å²) in [7, 11) is 0. The van der Waals surface area contributed by atoms with Crippen LogP contribution in [-0.4, -0.2) is 21.1 Å². The van der Waals surface area contributed by atoms with Crippen molar-refractivity contribution < 1.29 is 4.79 Å². The van der Waals surface area contributed by atoms with Crippen LogP contribution in [0, 0.1) is 0 Å². The molecule has 0 aliphatic carbocycles. The maximum atomic E-state index is 11.8. The molecule has 0 saturated carbocycles. The highest BCUT2D eigenvalue weighted by atomic mass is 16.1. The molecule has 0 atom stereocenters. The molecule has 19 heavy (non-hydrogen) atoms. The molecule has 2 heterocycles. The molecule has 0 fully saturated rings. The minimum atomic E-state index is -0.153. The van der Waals surface area contributed by atoms with E-state index >= 15 is 0 Å². The molecule has 5 nitrogen and oxygen atoms in total. The number of rotatable bonds is 3. The summed E-state index contributed by atoms with van der Waals surface area (Å²) in [6.45, 7) is 0. The van der Waals surface area contributed by atoms with Crippen molar-refractivity contribution in [2.75, 3.05) is 5.32 Å². The van der Waals surface area contributed by atoms with Crippen LogP contribution in [0.5, 0.6) is 0 Å². The summed E-state index contributed by atoms with van der Waals surface area (Å²) in [4.78, 5) is 14.7. The van der Waals surface area contributed by atoms with Crippen LogP contribution in [0.25, 0.3) is 11.3 Å². The molecule has 0 radical (unpaired) electrons. The number of anilines is 1. The van der Waals surface area contributed by atoms with Gasteiger partial charge in [0.25, 0.3) is 5.91 Å². The second-order valence-corrected chi connectivity index (χ2v) is 4.09. The molecule has 2 aromatic heterocycles. The van der Waals surface area contributed by atoms with E-state index in [9.17, 15) is 4.79 Å². The van der Waals surface area contributed by atoms with Crippen molar-refractivity contribution in [3.8, 4) is 11.3 Å². The Hall–Kier alpha value is -2.82. The number of aromatic amines is 2. The summed E-state index contributed by atoms with van der Waals surface area (Å²) in [6.07, 6.45) is 3.42. The molecule has 0 spiro atoms. The molecule has 3 rings (SSSR count). The normalized spacial score (nSPS) is 10.3. The van der Waals surface area contributed by atoms with Gasteiger partial charge in [-0.05, 0) is 35.9 Å². The van der Waals surface area contributed by atoms with Gasteiger partial charge in [-0.15, -0.1) is 0 Å². The van der Waals surface area contributed by atoms with Gasteiger partial charge in [-0.2, -0.15) is 5.10 Å². The molecule has 1 aromatic carbocycles. The third-order valence-electron chi connectivity index (χ3n) is 2.80. The van der Waals surface area contributed by atoms with Crippen molar-refractivity contribution in [2.24, 2.45) is 0 Å². The van der Waals surface area contributed by atoms with Crippen LogP contribution in [0.15, 0.2) is 54.9 Å². The predicted octanol–water partition coefficient (Wildman–Crippen LogP) is 2.66. The van der Waals surface area contributed by atoms with Gasteiger partial charge in [0.15, 0.2) is 0 Å². The van der Waals surface area contributed by atoms with E-state index in [2.05, 4.69) is 20.5 Å². The first-order chi connectivity index (χ1) is 9.33. The predicted molar refractivity (Wildman–Crippen MR) is 72.8 cm³/mol. The molecule has 5 heteroatoms. The first-order valence-corrected chi connectivity index (χ1v) is 5.87. The standard InChI is InChI=1S/C14H12N4O/c19-14(13-2-1-8-15-13)17-11-5-3-10(4-6-11)12-7-9-16-18-12/h1-9,15H,(H,16,18)(H,17,19). The van der Waals surface area contributed by atoms with Crippen molar-refractivity contribution in [3.63, 3.8) is 0 Å². The zero-order valence-corrected chi connectivity index (χ0v) is 10.1. The minimum Gasteiger partial charge on any atom is -0.357 e. The number of nitrogens with zero attached hydrogens (tertiary/aromatic N) is 1. The van der Waals surface area contributed by atoms with Gasteiger partial charge in [0.1, 0.15) is 5.69 Å². The van der Waals surface area contributed by atoms with Crippen molar-refractivity contribution >= 4 is 11.6 Å². The van der Waals surface area contributed by atoms with Crippen molar-refractivity contribution in [2.45, 2.75) is 0 Å².